The molecule has 3 aromatic rings. The average Bonchev–Trinajstić information content (AvgIpc) is 2.69. The molecule has 3 N–H and O–H groups in total. The third-order valence-electron chi connectivity index (χ3n) is 3.65. The van der Waals surface area contributed by atoms with Crippen LogP contribution in [0.3, 0.4) is 0 Å². The van der Waals surface area contributed by atoms with Crippen molar-refractivity contribution in [2.24, 2.45) is 0 Å². The molecule has 27 heavy (non-hydrogen) atoms. The molecule has 0 aliphatic rings. The van der Waals surface area contributed by atoms with E-state index in [9.17, 15) is 4.79 Å². The van der Waals surface area contributed by atoms with Crippen molar-refractivity contribution >= 4 is 20.2 Å². The molecule has 3 rings (SSSR count). The highest BCUT2D eigenvalue weighted by molar-refractivity contribution is 7.39. The molecular weight excluding hydrogens is 365 g/mol. The van der Waals surface area contributed by atoms with Crippen molar-refractivity contribution < 1.29 is 23.8 Å². The summed E-state index contributed by atoms with van der Waals surface area (Å²) in [6, 6.07) is 23.2. The van der Waals surface area contributed by atoms with Crippen LogP contribution in [0.15, 0.2) is 78.9 Å². The van der Waals surface area contributed by atoms with Gasteiger partial charge >= 0.3 is 8.60 Å². The second kappa shape index (κ2) is 9.26. The monoisotopic (exact) mass is 383 g/mol. The van der Waals surface area contributed by atoms with Gasteiger partial charge in [0, 0.05) is 11.3 Å². The van der Waals surface area contributed by atoms with Gasteiger partial charge in [-0.05, 0) is 54.1 Å². The van der Waals surface area contributed by atoms with Gasteiger partial charge in [-0.15, -0.1) is 0 Å². The van der Waals surface area contributed by atoms with Crippen molar-refractivity contribution in [1.29, 1.82) is 0 Å². The Labute approximate surface area is 158 Å². The number of nitrogens with one attached hydrogen (secondary N) is 1. The van der Waals surface area contributed by atoms with E-state index in [0.29, 0.717) is 17.0 Å². The summed E-state index contributed by atoms with van der Waals surface area (Å²) in [7, 11) is -2.38. The molecule has 3 aromatic carbocycles. The molecule has 0 fully saturated rings. The molecule has 6 nitrogen and oxygen atoms in total. The first-order valence-corrected chi connectivity index (χ1v) is 9.31. The summed E-state index contributed by atoms with van der Waals surface area (Å²) in [6.45, 7) is 0.0931. The lowest BCUT2D eigenvalue weighted by molar-refractivity contribution is 0.102. The quantitative estimate of drug-likeness (QED) is 0.525. The van der Waals surface area contributed by atoms with Crippen LogP contribution in [-0.4, -0.2) is 15.7 Å². The fraction of sp³-hybridized carbons (Fsp3) is 0.0500. The van der Waals surface area contributed by atoms with Crippen LogP contribution in [-0.2, 0) is 11.1 Å². The van der Waals surface area contributed by atoms with Gasteiger partial charge < -0.3 is 24.4 Å². The maximum Gasteiger partial charge on any atom is 0.327 e. The van der Waals surface area contributed by atoms with Gasteiger partial charge in [0.2, 0.25) is 0 Å². The second-order valence-corrected chi connectivity index (χ2v) is 6.38. The highest BCUT2D eigenvalue weighted by atomic mass is 31.2. The lowest BCUT2D eigenvalue weighted by atomic mass is 10.2. The van der Waals surface area contributed by atoms with Gasteiger partial charge in [-0.2, -0.15) is 0 Å². The summed E-state index contributed by atoms with van der Waals surface area (Å²) < 4.78 is 10.5. The normalized spacial score (nSPS) is 10.6. The Kier molecular flexibility index (Phi) is 6.52. The van der Waals surface area contributed by atoms with Crippen LogP contribution >= 0.6 is 8.60 Å². The number of ether oxygens (including phenoxy) is 1. The first-order chi connectivity index (χ1) is 13.1. The number of para-hydroxylation sites is 1. The number of hydrogen-bond donors (Lipinski definition) is 3. The van der Waals surface area contributed by atoms with Crippen LogP contribution in [0.4, 0.5) is 5.69 Å². The van der Waals surface area contributed by atoms with Gasteiger partial charge in [0.1, 0.15) is 11.5 Å². The summed E-state index contributed by atoms with van der Waals surface area (Å²) in [5.41, 5.74) is 1.91. The molecule has 0 aliphatic carbocycles. The Morgan fingerprint density at radius 3 is 2.11 bits per heavy atom. The minimum atomic E-state index is -2.38. The zero-order valence-electron chi connectivity index (χ0n) is 14.3. The average molecular weight is 383 g/mol. The molecule has 0 saturated heterocycles. The molecule has 0 saturated carbocycles. The zero-order valence-corrected chi connectivity index (χ0v) is 15.2. The molecular formula is C20H18NO5P. The van der Waals surface area contributed by atoms with Crippen LogP contribution in [0.1, 0.15) is 15.9 Å². The lowest BCUT2D eigenvalue weighted by Crippen LogP contribution is -2.11. The number of carbonyl (C=O) groups excluding carboxylic acids is 1. The second-order valence-electron chi connectivity index (χ2n) is 5.62. The van der Waals surface area contributed by atoms with E-state index in [-0.39, 0.29) is 12.5 Å². The first kappa shape index (κ1) is 19.0. The van der Waals surface area contributed by atoms with Gasteiger partial charge in [0.25, 0.3) is 5.91 Å². The van der Waals surface area contributed by atoms with Crippen molar-refractivity contribution in [1.82, 2.24) is 0 Å². The Hall–Kier alpha value is -2.76. The van der Waals surface area contributed by atoms with Crippen LogP contribution in [0.2, 0.25) is 0 Å². The number of anilines is 1. The summed E-state index contributed by atoms with van der Waals surface area (Å²) in [5.74, 6) is 1.14. The molecule has 7 heteroatoms. The predicted molar refractivity (Wildman–Crippen MR) is 103 cm³/mol. The largest absolute Gasteiger partial charge is 0.457 e. The Bertz CT molecular complexity index is 867. The van der Waals surface area contributed by atoms with Crippen molar-refractivity contribution in [3.05, 3.63) is 90.0 Å². The summed E-state index contributed by atoms with van der Waals surface area (Å²) >= 11 is 0. The van der Waals surface area contributed by atoms with Gasteiger partial charge in [-0.1, -0.05) is 30.3 Å². The van der Waals surface area contributed by atoms with E-state index in [4.69, 9.17) is 19.0 Å². The van der Waals surface area contributed by atoms with Crippen molar-refractivity contribution in [2.45, 2.75) is 6.61 Å². The van der Waals surface area contributed by atoms with Crippen LogP contribution in [0.5, 0.6) is 11.5 Å². The molecule has 0 unspecified atom stereocenters. The van der Waals surface area contributed by atoms with E-state index in [1.54, 1.807) is 48.5 Å². The van der Waals surface area contributed by atoms with Crippen molar-refractivity contribution in [3.8, 4) is 11.5 Å². The van der Waals surface area contributed by atoms with Gasteiger partial charge in [-0.3, -0.25) is 4.79 Å². The Balaban J connectivity index is 1.57. The first-order valence-electron chi connectivity index (χ1n) is 8.14. The summed E-state index contributed by atoms with van der Waals surface area (Å²) in [6.07, 6.45) is 0. The Morgan fingerprint density at radius 2 is 1.48 bits per heavy atom. The molecule has 0 aromatic heterocycles. The minimum Gasteiger partial charge on any atom is -0.457 e. The molecule has 138 valence electrons. The van der Waals surface area contributed by atoms with E-state index < -0.39 is 8.60 Å². The van der Waals surface area contributed by atoms with Gasteiger partial charge in [-0.25, -0.2) is 0 Å². The van der Waals surface area contributed by atoms with Crippen molar-refractivity contribution in [2.75, 3.05) is 5.32 Å². The van der Waals surface area contributed by atoms with E-state index in [1.165, 1.54) is 0 Å². The van der Waals surface area contributed by atoms with Crippen LogP contribution < -0.4 is 10.1 Å². The third kappa shape index (κ3) is 5.88. The Morgan fingerprint density at radius 1 is 0.852 bits per heavy atom. The lowest BCUT2D eigenvalue weighted by Gasteiger charge is -2.09. The van der Waals surface area contributed by atoms with E-state index in [1.807, 2.05) is 30.3 Å². The number of hydrogen-bond acceptors (Lipinski definition) is 5. The van der Waals surface area contributed by atoms with E-state index in [0.717, 1.165) is 11.3 Å². The zero-order chi connectivity index (χ0) is 19.1. The predicted octanol–water partition coefficient (Wildman–Crippen LogP) is 4.46. The fourth-order valence-corrected chi connectivity index (χ4v) is 2.58. The number of amides is 1. The SMILES string of the molecule is O=C(Nc1ccc(COP(O)O)cc1)c1ccc(Oc2ccccc2)cc1. The number of carbonyl (C=O) groups is 1. The van der Waals surface area contributed by atoms with Gasteiger partial charge in [0.15, 0.2) is 0 Å². The number of rotatable bonds is 7. The van der Waals surface area contributed by atoms with Gasteiger partial charge in [0.05, 0.1) is 6.61 Å². The molecule has 1 amide bonds. The highest BCUT2D eigenvalue weighted by Crippen LogP contribution is 2.26. The van der Waals surface area contributed by atoms with Crippen LogP contribution in [0, 0.1) is 0 Å². The summed E-state index contributed by atoms with van der Waals surface area (Å²) in [4.78, 5) is 29.8. The van der Waals surface area contributed by atoms with E-state index in [2.05, 4.69) is 5.32 Å². The highest BCUT2D eigenvalue weighted by Gasteiger charge is 2.07. The smallest absolute Gasteiger partial charge is 0.327 e. The maximum atomic E-state index is 12.3. The fourth-order valence-electron chi connectivity index (χ4n) is 2.32. The molecule has 0 radical (unpaired) electrons. The topological polar surface area (TPSA) is 88.0 Å². The minimum absolute atomic E-state index is 0.0931. The molecule has 0 bridgehead atoms. The molecule has 0 heterocycles. The molecule has 0 aliphatic heterocycles. The number of benzene rings is 3. The standard InChI is InChI=1S/C20H18NO5P/c22-20(21-17-10-6-15(7-11-17)14-25-27(23)24)16-8-12-19(13-9-16)26-18-4-2-1-3-5-18/h1-13,23-24H,14H2,(H,21,22). The third-order valence-corrected chi connectivity index (χ3v) is 4.01. The summed E-state index contributed by atoms with van der Waals surface area (Å²) in [5, 5.41) is 2.80. The molecule has 0 spiro atoms. The molecule has 0 atom stereocenters. The van der Waals surface area contributed by atoms with Crippen molar-refractivity contribution in [3.63, 3.8) is 0 Å². The van der Waals surface area contributed by atoms with E-state index >= 15 is 0 Å². The maximum absolute atomic E-state index is 12.3. The van der Waals surface area contributed by atoms with Crippen LogP contribution in [0.25, 0.3) is 0 Å².